The Labute approximate surface area is 191 Å². The number of nitrogens with one attached hydrogen (secondary N) is 1. The molecule has 0 amide bonds. The number of hydrogen-bond acceptors (Lipinski definition) is 4. The SMILES string of the molecule is Cl.Cl.c1ccc(CN2CCNC(COc3ccc(Oc4ccccc4)cc3)C2)cc1. The van der Waals surface area contributed by atoms with Gasteiger partial charge >= 0.3 is 0 Å². The first-order valence-corrected chi connectivity index (χ1v) is 9.80. The fraction of sp³-hybridized carbons (Fsp3) is 0.250. The topological polar surface area (TPSA) is 33.7 Å². The predicted octanol–water partition coefficient (Wildman–Crippen LogP) is 5.18. The molecule has 3 aromatic carbocycles. The molecule has 4 nitrogen and oxygen atoms in total. The number of nitrogens with zero attached hydrogens (tertiary/aromatic N) is 1. The van der Waals surface area contributed by atoms with Crippen molar-refractivity contribution >= 4 is 24.8 Å². The average molecular weight is 447 g/mol. The molecule has 1 heterocycles. The summed E-state index contributed by atoms with van der Waals surface area (Å²) in [6, 6.07) is 28.6. The van der Waals surface area contributed by atoms with Gasteiger partial charge in [-0.05, 0) is 42.0 Å². The number of para-hydroxylation sites is 1. The molecular weight excluding hydrogens is 419 g/mol. The van der Waals surface area contributed by atoms with E-state index in [1.807, 2.05) is 54.6 Å². The van der Waals surface area contributed by atoms with E-state index in [9.17, 15) is 0 Å². The fourth-order valence-electron chi connectivity index (χ4n) is 3.42. The highest BCUT2D eigenvalue weighted by Crippen LogP contribution is 2.23. The Hall–Kier alpha value is -2.24. The van der Waals surface area contributed by atoms with Gasteiger partial charge in [-0.15, -0.1) is 24.8 Å². The minimum atomic E-state index is 0. The molecule has 1 unspecified atom stereocenters. The van der Waals surface area contributed by atoms with Crippen molar-refractivity contribution in [2.75, 3.05) is 26.2 Å². The second-order valence-electron chi connectivity index (χ2n) is 7.07. The standard InChI is InChI=1S/C24H26N2O2.2ClH/c1-3-7-20(8-4-1)17-26-16-15-25-21(18-26)19-27-22-11-13-24(14-12-22)28-23-9-5-2-6-10-23;;/h1-14,21,25H,15-19H2;2*1H. The van der Waals surface area contributed by atoms with Crippen LogP contribution in [0.3, 0.4) is 0 Å². The van der Waals surface area contributed by atoms with E-state index in [1.165, 1.54) is 5.56 Å². The normalized spacial score (nSPS) is 16.1. The van der Waals surface area contributed by atoms with Crippen LogP contribution in [0.2, 0.25) is 0 Å². The minimum Gasteiger partial charge on any atom is -0.492 e. The lowest BCUT2D eigenvalue weighted by Gasteiger charge is -2.33. The van der Waals surface area contributed by atoms with Gasteiger partial charge in [-0.3, -0.25) is 4.90 Å². The third kappa shape index (κ3) is 7.22. The van der Waals surface area contributed by atoms with E-state index in [1.54, 1.807) is 0 Å². The summed E-state index contributed by atoms with van der Waals surface area (Å²) in [5.74, 6) is 2.51. The molecule has 1 atom stereocenters. The van der Waals surface area contributed by atoms with E-state index in [4.69, 9.17) is 9.47 Å². The first-order chi connectivity index (χ1) is 13.8. The fourth-order valence-corrected chi connectivity index (χ4v) is 3.42. The van der Waals surface area contributed by atoms with Gasteiger partial charge in [0.2, 0.25) is 0 Å². The molecule has 6 heteroatoms. The maximum absolute atomic E-state index is 6.00. The molecule has 0 aromatic heterocycles. The molecule has 0 saturated carbocycles. The highest BCUT2D eigenvalue weighted by Gasteiger charge is 2.19. The molecule has 3 aromatic rings. The van der Waals surface area contributed by atoms with Crippen LogP contribution in [0.25, 0.3) is 0 Å². The Bertz CT molecular complexity index is 848. The van der Waals surface area contributed by atoms with E-state index < -0.39 is 0 Å². The van der Waals surface area contributed by atoms with E-state index in [0.29, 0.717) is 12.6 Å². The maximum atomic E-state index is 6.00. The Morgan fingerprint density at radius 1 is 0.767 bits per heavy atom. The minimum absolute atomic E-state index is 0. The van der Waals surface area contributed by atoms with Crippen LogP contribution >= 0.6 is 24.8 Å². The van der Waals surface area contributed by atoms with Crippen molar-refractivity contribution in [1.29, 1.82) is 0 Å². The highest BCUT2D eigenvalue weighted by atomic mass is 35.5. The average Bonchev–Trinajstić information content (AvgIpc) is 2.75. The summed E-state index contributed by atoms with van der Waals surface area (Å²) >= 11 is 0. The molecule has 1 saturated heterocycles. The lowest BCUT2D eigenvalue weighted by Crippen LogP contribution is -2.52. The van der Waals surface area contributed by atoms with Crippen molar-refractivity contribution in [3.63, 3.8) is 0 Å². The molecule has 1 fully saturated rings. The zero-order chi connectivity index (χ0) is 19.0. The summed E-state index contributed by atoms with van der Waals surface area (Å²) < 4.78 is 11.8. The number of rotatable bonds is 7. The molecule has 1 aliphatic heterocycles. The van der Waals surface area contributed by atoms with E-state index in [2.05, 4.69) is 40.5 Å². The Morgan fingerprint density at radius 3 is 2.07 bits per heavy atom. The summed E-state index contributed by atoms with van der Waals surface area (Å²) in [7, 11) is 0. The van der Waals surface area contributed by atoms with Crippen molar-refractivity contribution in [2.24, 2.45) is 0 Å². The van der Waals surface area contributed by atoms with Gasteiger partial charge in [0, 0.05) is 26.2 Å². The number of ether oxygens (including phenoxy) is 2. The van der Waals surface area contributed by atoms with Gasteiger partial charge in [0.05, 0.1) is 6.04 Å². The molecule has 4 rings (SSSR count). The van der Waals surface area contributed by atoms with Crippen LogP contribution in [0.4, 0.5) is 0 Å². The highest BCUT2D eigenvalue weighted by molar-refractivity contribution is 5.85. The molecule has 1 N–H and O–H groups in total. The van der Waals surface area contributed by atoms with Crippen LogP contribution in [0.1, 0.15) is 5.56 Å². The zero-order valence-electron chi connectivity index (χ0n) is 16.8. The summed E-state index contributed by atoms with van der Waals surface area (Å²) in [6.45, 7) is 4.69. The van der Waals surface area contributed by atoms with Gasteiger partial charge in [-0.25, -0.2) is 0 Å². The number of halogens is 2. The van der Waals surface area contributed by atoms with Crippen LogP contribution < -0.4 is 14.8 Å². The molecule has 0 spiro atoms. The maximum Gasteiger partial charge on any atom is 0.127 e. The number of benzene rings is 3. The van der Waals surface area contributed by atoms with Gasteiger partial charge in [-0.2, -0.15) is 0 Å². The zero-order valence-corrected chi connectivity index (χ0v) is 18.4. The lowest BCUT2D eigenvalue weighted by molar-refractivity contribution is 0.152. The summed E-state index contributed by atoms with van der Waals surface area (Å²) in [6.07, 6.45) is 0. The molecular formula is C24H28Cl2N2O2. The van der Waals surface area contributed by atoms with E-state index >= 15 is 0 Å². The van der Waals surface area contributed by atoms with Crippen molar-refractivity contribution in [3.05, 3.63) is 90.5 Å². The first-order valence-electron chi connectivity index (χ1n) is 9.80. The van der Waals surface area contributed by atoms with Crippen LogP contribution in [-0.2, 0) is 6.54 Å². The summed E-state index contributed by atoms with van der Waals surface area (Å²) in [4.78, 5) is 2.48. The van der Waals surface area contributed by atoms with Crippen LogP contribution in [0.15, 0.2) is 84.9 Å². The van der Waals surface area contributed by atoms with E-state index in [0.717, 1.165) is 43.4 Å². The Kier molecular flexibility index (Phi) is 9.98. The first kappa shape index (κ1) is 24.0. The van der Waals surface area contributed by atoms with Gasteiger partial charge in [-0.1, -0.05) is 48.5 Å². The van der Waals surface area contributed by atoms with Crippen molar-refractivity contribution in [2.45, 2.75) is 12.6 Å². The summed E-state index contributed by atoms with van der Waals surface area (Å²) in [5.41, 5.74) is 1.36. The largest absolute Gasteiger partial charge is 0.492 e. The molecule has 0 aliphatic carbocycles. The lowest BCUT2D eigenvalue weighted by atomic mass is 10.1. The smallest absolute Gasteiger partial charge is 0.127 e. The van der Waals surface area contributed by atoms with Crippen molar-refractivity contribution in [3.8, 4) is 17.2 Å². The molecule has 0 bridgehead atoms. The second kappa shape index (κ2) is 12.5. The van der Waals surface area contributed by atoms with E-state index in [-0.39, 0.29) is 24.8 Å². The third-order valence-corrected chi connectivity index (χ3v) is 4.84. The quantitative estimate of drug-likeness (QED) is 0.542. The van der Waals surface area contributed by atoms with Crippen molar-refractivity contribution < 1.29 is 9.47 Å². The number of hydrogen-bond donors (Lipinski definition) is 1. The number of piperazine rings is 1. The van der Waals surface area contributed by atoms with Gasteiger partial charge < -0.3 is 14.8 Å². The van der Waals surface area contributed by atoms with Crippen LogP contribution in [-0.4, -0.2) is 37.2 Å². The van der Waals surface area contributed by atoms with Crippen molar-refractivity contribution in [1.82, 2.24) is 10.2 Å². The van der Waals surface area contributed by atoms with Crippen LogP contribution in [0, 0.1) is 0 Å². The molecule has 1 aliphatic rings. The molecule has 160 valence electrons. The van der Waals surface area contributed by atoms with Gasteiger partial charge in [0.25, 0.3) is 0 Å². The molecule has 30 heavy (non-hydrogen) atoms. The predicted molar refractivity (Wildman–Crippen MR) is 126 cm³/mol. The van der Waals surface area contributed by atoms with Gasteiger partial charge in [0.15, 0.2) is 0 Å². The Morgan fingerprint density at radius 2 is 1.37 bits per heavy atom. The second-order valence-corrected chi connectivity index (χ2v) is 7.07. The third-order valence-electron chi connectivity index (χ3n) is 4.84. The monoisotopic (exact) mass is 446 g/mol. The van der Waals surface area contributed by atoms with Crippen LogP contribution in [0.5, 0.6) is 17.2 Å². The summed E-state index contributed by atoms with van der Waals surface area (Å²) in [5, 5.41) is 3.56. The molecule has 0 radical (unpaired) electrons. The Balaban J connectivity index is 0.00000160. The van der Waals surface area contributed by atoms with Gasteiger partial charge in [0.1, 0.15) is 23.9 Å².